The van der Waals surface area contributed by atoms with Gasteiger partial charge in [-0.1, -0.05) is 15.9 Å². The summed E-state index contributed by atoms with van der Waals surface area (Å²) in [6.45, 7) is 0.702. The van der Waals surface area contributed by atoms with E-state index in [9.17, 15) is 4.39 Å². The summed E-state index contributed by atoms with van der Waals surface area (Å²) >= 11 is 3.47. The number of hydrogen-bond donors (Lipinski definition) is 0. The van der Waals surface area contributed by atoms with E-state index in [2.05, 4.69) is 20.5 Å². The highest BCUT2D eigenvalue weighted by Gasteiger charge is 2.09. The largest absolute Gasteiger partial charge is 1.00 e. The minimum Gasteiger partial charge on any atom is -1.00 e. The standard InChI is InChI=1S/C20H14BrFNO.BrH/c21-17-3-6-19-16(11-17)12-20(24-19)15-7-9-23(10-8-15)13-14-1-4-18(22)5-2-14;/h1-12H,13H2;1H/q+1;/p-1. The van der Waals surface area contributed by atoms with E-state index in [1.807, 2.05) is 48.8 Å². The molecule has 0 radical (unpaired) electrons. The third-order valence-corrected chi connectivity index (χ3v) is 4.43. The molecular formula is C20H14Br2FNO. The lowest BCUT2D eigenvalue weighted by Crippen LogP contribution is -3.00. The van der Waals surface area contributed by atoms with Gasteiger partial charge in [-0.15, -0.1) is 0 Å². The molecule has 2 aromatic heterocycles. The molecule has 126 valence electrons. The van der Waals surface area contributed by atoms with Crippen molar-refractivity contribution in [1.29, 1.82) is 0 Å². The molecule has 4 rings (SSSR count). The number of rotatable bonds is 3. The van der Waals surface area contributed by atoms with Crippen LogP contribution in [-0.2, 0) is 6.54 Å². The number of pyridine rings is 1. The van der Waals surface area contributed by atoms with E-state index in [0.29, 0.717) is 6.54 Å². The number of nitrogens with zero attached hydrogens (tertiary/aromatic N) is 1. The number of hydrogen-bond acceptors (Lipinski definition) is 1. The highest BCUT2D eigenvalue weighted by Crippen LogP contribution is 2.29. The Bertz CT molecular complexity index is 995. The van der Waals surface area contributed by atoms with Crippen LogP contribution in [0.5, 0.6) is 0 Å². The molecule has 0 aliphatic rings. The molecule has 0 bridgehead atoms. The van der Waals surface area contributed by atoms with Crippen molar-refractivity contribution in [2.45, 2.75) is 6.54 Å². The smallest absolute Gasteiger partial charge is 0.173 e. The number of benzene rings is 2. The van der Waals surface area contributed by atoms with Gasteiger partial charge in [0.15, 0.2) is 18.9 Å². The fraction of sp³-hybridized carbons (Fsp3) is 0.0500. The van der Waals surface area contributed by atoms with Gasteiger partial charge in [0, 0.05) is 33.1 Å². The summed E-state index contributed by atoms with van der Waals surface area (Å²) in [6, 6.07) is 18.6. The topological polar surface area (TPSA) is 17.0 Å². The van der Waals surface area contributed by atoms with Gasteiger partial charge in [-0.05, 0) is 48.5 Å². The summed E-state index contributed by atoms with van der Waals surface area (Å²) in [7, 11) is 0. The van der Waals surface area contributed by atoms with Crippen molar-refractivity contribution in [2.75, 3.05) is 0 Å². The maximum Gasteiger partial charge on any atom is 0.173 e. The SMILES string of the molecule is Fc1ccc(C[n+]2ccc(-c3cc4cc(Br)ccc4o3)cc2)cc1.[Br-]. The summed E-state index contributed by atoms with van der Waals surface area (Å²) in [5, 5.41) is 1.07. The molecule has 0 spiro atoms. The van der Waals surface area contributed by atoms with E-state index in [4.69, 9.17) is 4.42 Å². The Morgan fingerprint density at radius 1 is 0.920 bits per heavy atom. The van der Waals surface area contributed by atoms with Gasteiger partial charge in [0.25, 0.3) is 0 Å². The molecule has 0 atom stereocenters. The Hall–Kier alpha value is -1.98. The van der Waals surface area contributed by atoms with Gasteiger partial charge in [0.2, 0.25) is 0 Å². The van der Waals surface area contributed by atoms with Gasteiger partial charge in [-0.25, -0.2) is 8.96 Å². The summed E-state index contributed by atoms with van der Waals surface area (Å²) in [6.07, 6.45) is 4.00. The lowest BCUT2D eigenvalue weighted by Gasteiger charge is -1.99. The second kappa shape index (κ2) is 7.50. The van der Waals surface area contributed by atoms with E-state index < -0.39 is 0 Å². The van der Waals surface area contributed by atoms with E-state index >= 15 is 0 Å². The Kier molecular flexibility index (Phi) is 5.35. The van der Waals surface area contributed by atoms with Crippen LogP contribution >= 0.6 is 15.9 Å². The van der Waals surface area contributed by atoms with Crippen LogP contribution < -0.4 is 21.5 Å². The van der Waals surface area contributed by atoms with Crippen molar-refractivity contribution in [3.63, 3.8) is 0 Å². The van der Waals surface area contributed by atoms with Crippen LogP contribution in [-0.4, -0.2) is 0 Å². The van der Waals surface area contributed by atoms with E-state index in [-0.39, 0.29) is 22.8 Å². The normalized spacial score (nSPS) is 10.6. The second-order valence-corrected chi connectivity index (χ2v) is 6.59. The quantitative estimate of drug-likeness (QED) is 0.427. The molecule has 0 fully saturated rings. The maximum absolute atomic E-state index is 13.0. The molecule has 2 aromatic carbocycles. The number of furan rings is 1. The predicted molar refractivity (Wildman–Crippen MR) is 95.0 cm³/mol. The minimum absolute atomic E-state index is 0. The van der Waals surface area contributed by atoms with Crippen molar-refractivity contribution in [1.82, 2.24) is 0 Å². The zero-order valence-electron chi connectivity index (χ0n) is 13.1. The van der Waals surface area contributed by atoms with Crippen LogP contribution in [0.1, 0.15) is 5.56 Å². The molecule has 2 nitrogen and oxygen atoms in total. The van der Waals surface area contributed by atoms with Crippen molar-refractivity contribution in [2.24, 2.45) is 0 Å². The van der Waals surface area contributed by atoms with Crippen molar-refractivity contribution < 1.29 is 30.4 Å². The fourth-order valence-electron chi connectivity index (χ4n) is 2.68. The van der Waals surface area contributed by atoms with E-state index in [1.165, 1.54) is 12.1 Å². The molecule has 0 aliphatic carbocycles. The molecular weight excluding hydrogens is 449 g/mol. The summed E-state index contributed by atoms with van der Waals surface area (Å²) in [5.74, 6) is 0.632. The number of aromatic nitrogens is 1. The molecule has 0 aliphatic heterocycles. The molecule has 5 heteroatoms. The van der Waals surface area contributed by atoms with Crippen molar-refractivity contribution >= 4 is 26.9 Å². The molecule has 0 saturated heterocycles. The van der Waals surface area contributed by atoms with Gasteiger partial charge in [-0.3, -0.25) is 0 Å². The monoisotopic (exact) mass is 461 g/mol. The van der Waals surface area contributed by atoms with Gasteiger partial charge < -0.3 is 21.4 Å². The van der Waals surface area contributed by atoms with E-state index in [0.717, 1.165) is 32.3 Å². The molecule has 0 unspecified atom stereocenters. The number of halogens is 3. The van der Waals surface area contributed by atoms with E-state index in [1.54, 1.807) is 12.1 Å². The zero-order chi connectivity index (χ0) is 16.5. The third-order valence-electron chi connectivity index (χ3n) is 3.93. The molecule has 25 heavy (non-hydrogen) atoms. The lowest BCUT2D eigenvalue weighted by atomic mass is 10.2. The predicted octanol–water partition coefficient (Wildman–Crippen LogP) is 2.34. The van der Waals surface area contributed by atoms with Gasteiger partial charge in [0.1, 0.15) is 17.2 Å². The van der Waals surface area contributed by atoms with Crippen LogP contribution in [0.4, 0.5) is 4.39 Å². The van der Waals surface area contributed by atoms with Gasteiger partial charge in [0.05, 0.1) is 0 Å². The average Bonchev–Trinajstić information content (AvgIpc) is 3.01. The third kappa shape index (κ3) is 3.99. The first-order valence-electron chi connectivity index (χ1n) is 7.60. The van der Waals surface area contributed by atoms with Crippen molar-refractivity contribution in [3.8, 4) is 11.3 Å². The minimum atomic E-state index is -0.212. The molecule has 0 amide bonds. The highest BCUT2D eigenvalue weighted by atomic mass is 79.9. The highest BCUT2D eigenvalue weighted by molar-refractivity contribution is 9.10. The first-order chi connectivity index (χ1) is 11.7. The van der Waals surface area contributed by atoms with Gasteiger partial charge >= 0.3 is 0 Å². The maximum atomic E-state index is 13.0. The lowest BCUT2D eigenvalue weighted by molar-refractivity contribution is -0.688. The Morgan fingerprint density at radius 2 is 1.64 bits per heavy atom. The fourth-order valence-corrected chi connectivity index (χ4v) is 3.06. The van der Waals surface area contributed by atoms with Crippen LogP contribution in [0, 0.1) is 5.82 Å². The molecule has 4 aromatic rings. The Balaban J connectivity index is 0.00000182. The van der Waals surface area contributed by atoms with Crippen LogP contribution in [0.25, 0.3) is 22.3 Å². The van der Waals surface area contributed by atoms with Crippen LogP contribution in [0.2, 0.25) is 0 Å². The van der Waals surface area contributed by atoms with Gasteiger partial charge in [-0.2, -0.15) is 0 Å². The second-order valence-electron chi connectivity index (χ2n) is 5.68. The first-order valence-corrected chi connectivity index (χ1v) is 8.40. The Morgan fingerprint density at radius 3 is 2.36 bits per heavy atom. The first kappa shape index (κ1) is 17.8. The summed E-state index contributed by atoms with van der Waals surface area (Å²) in [5.41, 5.74) is 2.96. The van der Waals surface area contributed by atoms with Crippen LogP contribution in [0.3, 0.4) is 0 Å². The van der Waals surface area contributed by atoms with Crippen LogP contribution in [0.15, 0.2) is 81.9 Å². The molecule has 0 saturated carbocycles. The Labute approximate surface area is 163 Å². The number of fused-ring (bicyclic) bond motifs is 1. The summed E-state index contributed by atoms with van der Waals surface area (Å²) in [4.78, 5) is 0. The van der Waals surface area contributed by atoms with Crippen molar-refractivity contribution in [3.05, 3.63) is 88.9 Å². The summed E-state index contributed by atoms with van der Waals surface area (Å²) < 4.78 is 22.0. The zero-order valence-corrected chi connectivity index (χ0v) is 16.3. The average molecular weight is 463 g/mol. The molecule has 0 N–H and O–H groups in total. The molecule has 2 heterocycles.